The van der Waals surface area contributed by atoms with Crippen molar-refractivity contribution in [2.75, 3.05) is 13.7 Å². The number of para-hydroxylation sites is 1. The summed E-state index contributed by atoms with van der Waals surface area (Å²) in [6.45, 7) is 2.47. The van der Waals surface area contributed by atoms with E-state index in [0.29, 0.717) is 23.5 Å². The summed E-state index contributed by atoms with van der Waals surface area (Å²) in [7, 11) is 1.36. The molecule has 0 aliphatic heterocycles. The first-order valence-electron chi connectivity index (χ1n) is 9.58. The Morgan fingerprint density at radius 1 is 1.00 bits per heavy atom. The van der Waals surface area contributed by atoms with E-state index >= 15 is 0 Å². The number of carbonyl (C=O) groups excluding carboxylic acids is 2. The highest BCUT2D eigenvalue weighted by Gasteiger charge is 2.17. The van der Waals surface area contributed by atoms with Crippen molar-refractivity contribution in [2.45, 2.75) is 13.3 Å². The van der Waals surface area contributed by atoms with Crippen LogP contribution in [0, 0.1) is 22.7 Å². The molecule has 0 saturated heterocycles. The monoisotopic (exact) mass is 431 g/mol. The molecular weight excluding hydrogens is 410 g/mol. The van der Waals surface area contributed by atoms with Gasteiger partial charge in [0.2, 0.25) is 0 Å². The van der Waals surface area contributed by atoms with Gasteiger partial charge in [0.15, 0.2) is 11.5 Å². The van der Waals surface area contributed by atoms with E-state index in [1.54, 1.807) is 30.3 Å². The molecule has 0 bridgehead atoms. The normalized spacial score (nSPS) is 11.1. The van der Waals surface area contributed by atoms with Crippen LogP contribution in [0.25, 0.3) is 12.2 Å². The predicted octanol–water partition coefficient (Wildman–Crippen LogP) is 3.39. The highest BCUT2D eigenvalue weighted by atomic mass is 16.6. The van der Waals surface area contributed by atoms with Crippen LogP contribution in [0.4, 0.5) is 0 Å². The minimum atomic E-state index is -0.880. The molecule has 8 nitrogen and oxygen atoms in total. The van der Waals surface area contributed by atoms with Crippen molar-refractivity contribution >= 4 is 24.0 Å². The van der Waals surface area contributed by atoms with E-state index in [2.05, 4.69) is 0 Å². The zero-order valence-corrected chi connectivity index (χ0v) is 17.6. The summed E-state index contributed by atoms with van der Waals surface area (Å²) in [6.07, 6.45) is 3.48. The van der Waals surface area contributed by atoms with E-state index in [9.17, 15) is 14.9 Å². The molecule has 0 aromatic heterocycles. The van der Waals surface area contributed by atoms with Crippen molar-refractivity contribution in [3.05, 3.63) is 64.7 Å². The zero-order chi connectivity index (χ0) is 23.5. The first-order valence-corrected chi connectivity index (χ1v) is 9.58. The van der Waals surface area contributed by atoms with Crippen LogP contribution in [-0.4, -0.2) is 25.6 Å². The number of carbonyl (C=O) groups is 2. The molecule has 0 unspecified atom stereocenters. The Balaban J connectivity index is 2.31. The van der Waals surface area contributed by atoms with Crippen molar-refractivity contribution in [3.8, 4) is 29.4 Å². The Kier molecular flexibility index (Phi) is 8.58. The maximum absolute atomic E-state index is 12.6. The molecule has 0 fully saturated rings. The predicted molar refractivity (Wildman–Crippen MR) is 117 cm³/mol. The van der Waals surface area contributed by atoms with Gasteiger partial charge in [-0.3, -0.25) is 4.79 Å². The fraction of sp³-hybridized carbons (Fsp3) is 0.167. The van der Waals surface area contributed by atoms with Crippen LogP contribution in [0.15, 0.2) is 53.6 Å². The van der Waals surface area contributed by atoms with E-state index in [0.717, 1.165) is 6.42 Å². The fourth-order valence-corrected chi connectivity index (χ4v) is 2.57. The molecule has 2 rings (SSSR count). The van der Waals surface area contributed by atoms with Gasteiger partial charge in [0.1, 0.15) is 29.0 Å². The van der Waals surface area contributed by atoms with Gasteiger partial charge >= 0.3 is 5.97 Å². The SMILES string of the molecule is CCCOc1ccccc1/C=C(\C#N)C(=O)Oc1ccc(/C=C(\C#N)C(N)=O)cc1OC. The summed E-state index contributed by atoms with van der Waals surface area (Å²) in [5.74, 6) is -0.976. The maximum Gasteiger partial charge on any atom is 0.354 e. The number of hydrogen-bond donors (Lipinski definition) is 1. The molecule has 8 heteroatoms. The first kappa shape index (κ1) is 23.7. The van der Waals surface area contributed by atoms with Crippen molar-refractivity contribution in [1.29, 1.82) is 10.5 Å². The topological polar surface area (TPSA) is 135 Å². The summed E-state index contributed by atoms with van der Waals surface area (Å²) in [4.78, 5) is 23.8. The van der Waals surface area contributed by atoms with Gasteiger partial charge in [0.25, 0.3) is 5.91 Å². The number of amides is 1. The molecular formula is C24H21N3O5. The molecule has 0 aliphatic rings. The summed E-state index contributed by atoms with van der Waals surface area (Å²) in [5.41, 5.74) is 5.67. The lowest BCUT2D eigenvalue weighted by atomic mass is 10.1. The number of nitriles is 2. The van der Waals surface area contributed by atoms with E-state index < -0.39 is 11.9 Å². The summed E-state index contributed by atoms with van der Waals surface area (Å²) < 4.78 is 16.2. The Morgan fingerprint density at radius 3 is 2.34 bits per heavy atom. The van der Waals surface area contributed by atoms with Crippen molar-refractivity contribution in [1.82, 2.24) is 0 Å². The number of methoxy groups -OCH3 is 1. The molecule has 162 valence electrons. The minimum Gasteiger partial charge on any atom is -0.493 e. The lowest BCUT2D eigenvalue weighted by molar-refractivity contribution is -0.129. The van der Waals surface area contributed by atoms with Crippen LogP contribution in [0.2, 0.25) is 0 Å². The summed E-state index contributed by atoms with van der Waals surface area (Å²) in [5, 5.41) is 18.4. The van der Waals surface area contributed by atoms with Crippen LogP contribution in [0.1, 0.15) is 24.5 Å². The van der Waals surface area contributed by atoms with Gasteiger partial charge < -0.3 is 19.9 Å². The molecule has 0 spiro atoms. The number of nitrogens with two attached hydrogens (primary N) is 1. The van der Waals surface area contributed by atoms with Crippen molar-refractivity contribution < 1.29 is 23.8 Å². The van der Waals surface area contributed by atoms with Crippen LogP contribution < -0.4 is 19.9 Å². The van der Waals surface area contributed by atoms with E-state index in [4.69, 9.17) is 25.2 Å². The molecule has 0 heterocycles. The largest absolute Gasteiger partial charge is 0.493 e. The van der Waals surface area contributed by atoms with Gasteiger partial charge in [-0.15, -0.1) is 0 Å². The number of primary amides is 1. The number of hydrogen-bond acceptors (Lipinski definition) is 7. The summed E-state index contributed by atoms with van der Waals surface area (Å²) >= 11 is 0. The Bertz CT molecular complexity index is 1150. The standard InChI is InChI=1S/C24H21N3O5/c1-3-10-31-20-7-5-4-6-17(20)13-19(15-26)24(29)32-21-9-8-16(12-22(21)30-2)11-18(14-25)23(27)28/h4-9,11-13H,3,10H2,1-2H3,(H2,27,28)/b18-11+,19-13+. The fourth-order valence-electron chi connectivity index (χ4n) is 2.57. The number of ether oxygens (including phenoxy) is 3. The third-order valence-electron chi connectivity index (χ3n) is 4.11. The van der Waals surface area contributed by atoms with Gasteiger partial charge in [-0.2, -0.15) is 10.5 Å². The highest BCUT2D eigenvalue weighted by Crippen LogP contribution is 2.30. The number of esters is 1. The Morgan fingerprint density at radius 2 is 1.72 bits per heavy atom. The molecule has 0 radical (unpaired) electrons. The molecule has 0 aliphatic carbocycles. The van der Waals surface area contributed by atoms with E-state index in [1.165, 1.54) is 37.5 Å². The second-order valence-electron chi connectivity index (χ2n) is 6.39. The minimum absolute atomic E-state index is 0.0592. The zero-order valence-electron chi connectivity index (χ0n) is 17.6. The van der Waals surface area contributed by atoms with Gasteiger partial charge in [-0.05, 0) is 42.3 Å². The Hall–Kier alpha value is -4.56. The quantitative estimate of drug-likeness (QED) is 0.278. The third-order valence-corrected chi connectivity index (χ3v) is 4.11. The molecule has 2 aromatic carbocycles. The lowest BCUT2D eigenvalue weighted by Crippen LogP contribution is -2.12. The third kappa shape index (κ3) is 6.22. The average Bonchev–Trinajstić information content (AvgIpc) is 2.80. The molecule has 0 atom stereocenters. The molecule has 32 heavy (non-hydrogen) atoms. The van der Waals surface area contributed by atoms with Crippen LogP contribution in [0.5, 0.6) is 17.2 Å². The molecule has 2 N–H and O–H groups in total. The molecule has 2 aromatic rings. The number of nitrogens with zero attached hydrogens (tertiary/aromatic N) is 2. The average molecular weight is 431 g/mol. The highest BCUT2D eigenvalue weighted by molar-refractivity contribution is 6.01. The van der Waals surface area contributed by atoms with Gasteiger partial charge in [-0.25, -0.2) is 4.79 Å². The summed E-state index contributed by atoms with van der Waals surface area (Å²) in [6, 6.07) is 15.0. The van der Waals surface area contributed by atoms with Gasteiger partial charge in [-0.1, -0.05) is 31.2 Å². The van der Waals surface area contributed by atoms with Crippen LogP contribution in [0.3, 0.4) is 0 Å². The lowest BCUT2D eigenvalue weighted by Gasteiger charge is -2.10. The van der Waals surface area contributed by atoms with E-state index in [1.807, 2.05) is 13.0 Å². The van der Waals surface area contributed by atoms with Gasteiger partial charge in [0.05, 0.1) is 13.7 Å². The number of rotatable bonds is 9. The smallest absolute Gasteiger partial charge is 0.354 e. The van der Waals surface area contributed by atoms with Crippen molar-refractivity contribution in [2.24, 2.45) is 5.73 Å². The van der Waals surface area contributed by atoms with E-state index in [-0.39, 0.29) is 22.6 Å². The number of benzene rings is 2. The molecule has 1 amide bonds. The molecule has 0 saturated carbocycles. The van der Waals surface area contributed by atoms with Crippen molar-refractivity contribution in [3.63, 3.8) is 0 Å². The second-order valence-corrected chi connectivity index (χ2v) is 6.39. The van der Waals surface area contributed by atoms with Gasteiger partial charge in [0, 0.05) is 5.56 Å². The first-order chi connectivity index (χ1) is 15.4. The van der Waals surface area contributed by atoms with Crippen LogP contribution in [-0.2, 0) is 9.59 Å². The second kappa shape index (κ2) is 11.6. The maximum atomic E-state index is 12.6. The Labute approximate surface area is 185 Å². The van der Waals surface area contributed by atoms with Crippen LogP contribution >= 0.6 is 0 Å².